The van der Waals surface area contributed by atoms with Gasteiger partial charge in [-0.25, -0.2) is 4.98 Å². The Bertz CT molecular complexity index is 1190. The number of rotatable bonds is 3. The molecule has 0 N–H and O–H groups in total. The Hall–Kier alpha value is -3.48. The van der Waals surface area contributed by atoms with Gasteiger partial charge in [0, 0.05) is 18.9 Å². The Balaban J connectivity index is 1.46. The third-order valence-corrected chi connectivity index (χ3v) is 5.50. The van der Waals surface area contributed by atoms with Gasteiger partial charge in [0.2, 0.25) is 0 Å². The van der Waals surface area contributed by atoms with E-state index in [1.807, 2.05) is 59.7 Å². The molecular weight excluding hydrogens is 364 g/mol. The number of nitrogens with zero attached hydrogens (tertiary/aromatic N) is 6. The first-order chi connectivity index (χ1) is 14.1. The van der Waals surface area contributed by atoms with Crippen LogP contribution in [0.15, 0.2) is 54.9 Å². The van der Waals surface area contributed by atoms with E-state index in [0.29, 0.717) is 18.8 Å². The van der Waals surface area contributed by atoms with E-state index in [-0.39, 0.29) is 11.9 Å². The molecule has 0 unspecified atom stereocenters. The van der Waals surface area contributed by atoms with E-state index in [4.69, 9.17) is 0 Å². The summed E-state index contributed by atoms with van der Waals surface area (Å²) in [5.41, 5.74) is 3.59. The van der Waals surface area contributed by atoms with Crippen LogP contribution in [-0.2, 0) is 13.0 Å². The summed E-state index contributed by atoms with van der Waals surface area (Å²) in [4.78, 5) is 19.6. The first-order valence-electron chi connectivity index (χ1n) is 9.77. The third kappa shape index (κ3) is 3.18. The van der Waals surface area contributed by atoms with Crippen molar-refractivity contribution in [2.45, 2.75) is 32.9 Å². The Labute approximate surface area is 168 Å². The molecule has 0 spiro atoms. The lowest BCUT2D eigenvalue weighted by Crippen LogP contribution is -2.42. The Morgan fingerprint density at radius 1 is 1.14 bits per heavy atom. The average Bonchev–Trinajstić information content (AvgIpc) is 3.31. The molecule has 0 aliphatic carbocycles. The molecule has 0 saturated heterocycles. The molecule has 0 saturated carbocycles. The van der Waals surface area contributed by atoms with Gasteiger partial charge in [0.05, 0.1) is 12.6 Å². The standard InChI is InChI=1S/C22H22N6O/c1-15-8-9-26-13-19(23-20(26)10-15)22(29)27-12-18(11-17-6-4-3-5-7-17)28-16(2)24-25-21(28)14-27/h3-10,13,18H,11-12,14H2,1-2H3/t18-/m1/s1. The molecular formula is C22H22N6O. The number of carbonyl (C=O) groups excluding carboxylic acids is 1. The van der Waals surface area contributed by atoms with Gasteiger partial charge >= 0.3 is 0 Å². The molecule has 1 aromatic carbocycles. The van der Waals surface area contributed by atoms with Gasteiger partial charge in [-0.1, -0.05) is 30.3 Å². The van der Waals surface area contributed by atoms with Gasteiger partial charge in [-0.3, -0.25) is 4.79 Å². The van der Waals surface area contributed by atoms with Crippen LogP contribution in [0.3, 0.4) is 0 Å². The minimum absolute atomic E-state index is 0.0729. The van der Waals surface area contributed by atoms with Crippen molar-refractivity contribution in [1.82, 2.24) is 29.0 Å². The zero-order valence-corrected chi connectivity index (χ0v) is 16.5. The van der Waals surface area contributed by atoms with Crippen LogP contribution in [0.5, 0.6) is 0 Å². The Kier molecular flexibility index (Phi) is 4.16. The molecule has 1 aliphatic rings. The molecule has 4 aromatic rings. The van der Waals surface area contributed by atoms with Gasteiger partial charge in [-0.2, -0.15) is 0 Å². The van der Waals surface area contributed by atoms with Crippen LogP contribution in [0.25, 0.3) is 5.65 Å². The quantitative estimate of drug-likeness (QED) is 0.543. The molecule has 0 bridgehead atoms. The van der Waals surface area contributed by atoms with Gasteiger partial charge in [-0.15, -0.1) is 10.2 Å². The third-order valence-electron chi connectivity index (χ3n) is 5.50. The second-order valence-corrected chi connectivity index (χ2v) is 7.66. The van der Waals surface area contributed by atoms with Gasteiger partial charge in [-0.05, 0) is 43.5 Å². The molecule has 4 heterocycles. The summed E-state index contributed by atoms with van der Waals surface area (Å²) >= 11 is 0. The average molecular weight is 386 g/mol. The summed E-state index contributed by atoms with van der Waals surface area (Å²) in [6.07, 6.45) is 4.55. The molecule has 7 nitrogen and oxygen atoms in total. The summed E-state index contributed by atoms with van der Waals surface area (Å²) in [5.74, 6) is 1.63. The van der Waals surface area contributed by atoms with Crippen molar-refractivity contribution in [2.75, 3.05) is 6.54 Å². The van der Waals surface area contributed by atoms with Crippen molar-refractivity contribution >= 4 is 11.6 Å². The number of amides is 1. The molecule has 0 radical (unpaired) electrons. The number of fused-ring (bicyclic) bond motifs is 2. The van der Waals surface area contributed by atoms with E-state index < -0.39 is 0 Å². The smallest absolute Gasteiger partial charge is 0.274 e. The monoisotopic (exact) mass is 386 g/mol. The van der Waals surface area contributed by atoms with Crippen LogP contribution >= 0.6 is 0 Å². The van der Waals surface area contributed by atoms with E-state index in [9.17, 15) is 4.79 Å². The van der Waals surface area contributed by atoms with Crippen molar-refractivity contribution in [2.24, 2.45) is 0 Å². The van der Waals surface area contributed by atoms with Gasteiger partial charge in [0.25, 0.3) is 5.91 Å². The van der Waals surface area contributed by atoms with Gasteiger partial charge in [0.1, 0.15) is 17.2 Å². The van der Waals surface area contributed by atoms with Crippen molar-refractivity contribution in [1.29, 1.82) is 0 Å². The predicted molar refractivity (Wildman–Crippen MR) is 109 cm³/mol. The number of carbonyl (C=O) groups is 1. The van der Waals surface area contributed by atoms with Gasteiger partial charge < -0.3 is 13.9 Å². The fraction of sp³-hybridized carbons (Fsp3) is 0.273. The molecule has 0 fully saturated rings. The number of aromatic nitrogens is 5. The van der Waals surface area contributed by atoms with E-state index >= 15 is 0 Å². The highest BCUT2D eigenvalue weighted by atomic mass is 16.2. The zero-order valence-electron chi connectivity index (χ0n) is 16.5. The molecule has 1 atom stereocenters. The molecule has 29 heavy (non-hydrogen) atoms. The van der Waals surface area contributed by atoms with Crippen molar-refractivity contribution < 1.29 is 4.79 Å². The summed E-state index contributed by atoms with van der Waals surface area (Å²) in [6, 6.07) is 14.4. The van der Waals surface area contributed by atoms with Crippen LogP contribution < -0.4 is 0 Å². The number of aryl methyl sites for hydroxylation is 2. The van der Waals surface area contributed by atoms with E-state index in [1.54, 1.807) is 6.20 Å². The SMILES string of the molecule is Cc1ccn2cc(C(=O)N3Cc4nnc(C)n4[C@H](Cc4ccccc4)C3)nc2c1. The minimum atomic E-state index is -0.0729. The number of hydrogen-bond acceptors (Lipinski definition) is 4. The Morgan fingerprint density at radius 2 is 1.97 bits per heavy atom. The topological polar surface area (TPSA) is 68.3 Å². The predicted octanol–water partition coefficient (Wildman–Crippen LogP) is 2.98. The summed E-state index contributed by atoms with van der Waals surface area (Å²) in [5, 5.41) is 8.58. The largest absolute Gasteiger partial charge is 0.328 e. The molecule has 146 valence electrons. The zero-order chi connectivity index (χ0) is 20.0. The second-order valence-electron chi connectivity index (χ2n) is 7.66. The van der Waals surface area contributed by atoms with Crippen LogP contribution in [0.1, 0.15) is 39.3 Å². The fourth-order valence-electron chi connectivity index (χ4n) is 4.11. The van der Waals surface area contributed by atoms with Crippen LogP contribution in [0.4, 0.5) is 0 Å². The number of pyridine rings is 1. The summed E-state index contributed by atoms with van der Waals surface area (Å²) in [6.45, 7) is 5.03. The summed E-state index contributed by atoms with van der Waals surface area (Å²) in [7, 11) is 0. The maximum absolute atomic E-state index is 13.3. The highest BCUT2D eigenvalue weighted by molar-refractivity contribution is 5.93. The van der Waals surface area contributed by atoms with Gasteiger partial charge in [0.15, 0.2) is 5.82 Å². The van der Waals surface area contributed by atoms with Crippen molar-refractivity contribution in [3.05, 3.63) is 83.3 Å². The molecule has 5 rings (SSSR count). The summed E-state index contributed by atoms with van der Waals surface area (Å²) < 4.78 is 4.06. The molecule has 1 amide bonds. The highest BCUT2D eigenvalue weighted by Gasteiger charge is 2.32. The number of benzene rings is 1. The number of hydrogen-bond donors (Lipinski definition) is 0. The van der Waals surface area contributed by atoms with Crippen LogP contribution in [0.2, 0.25) is 0 Å². The highest BCUT2D eigenvalue weighted by Crippen LogP contribution is 2.26. The van der Waals surface area contributed by atoms with Crippen molar-refractivity contribution in [3.63, 3.8) is 0 Å². The lowest BCUT2D eigenvalue weighted by molar-refractivity contribution is 0.0666. The van der Waals surface area contributed by atoms with Crippen LogP contribution in [-0.4, -0.2) is 41.5 Å². The maximum Gasteiger partial charge on any atom is 0.274 e. The lowest BCUT2D eigenvalue weighted by Gasteiger charge is -2.34. The minimum Gasteiger partial charge on any atom is -0.328 e. The van der Waals surface area contributed by atoms with Crippen molar-refractivity contribution in [3.8, 4) is 0 Å². The first-order valence-corrected chi connectivity index (χ1v) is 9.77. The van der Waals surface area contributed by atoms with Crippen LogP contribution in [0, 0.1) is 13.8 Å². The fourth-order valence-corrected chi connectivity index (χ4v) is 4.11. The maximum atomic E-state index is 13.3. The van der Waals surface area contributed by atoms with E-state index in [2.05, 4.69) is 31.9 Å². The molecule has 7 heteroatoms. The number of imidazole rings is 1. The lowest BCUT2D eigenvalue weighted by atomic mass is 10.0. The molecule has 1 aliphatic heterocycles. The second kappa shape index (κ2) is 6.84. The first kappa shape index (κ1) is 17.6. The Morgan fingerprint density at radius 3 is 2.79 bits per heavy atom. The van der Waals surface area contributed by atoms with E-state index in [1.165, 1.54) is 5.56 Å². The normalized spacial score (nSPS) is 16.2. The molecule has 3 aromatic heterocycles. The van der Waals surface area contributed by atoms with E-state index in [0.717, 1.165) is 29.3 Å².